The Balaban J connectivity index is 5.50. The number of aliphatic carboxylic acids is 2. The molecular weight excluding hydrogens is 144 g/mol. The highest BCUT2D eigenvalue weighted by atomic mass is 16.5. The Hall–Kier alpha value is -1.10. The molecule has 5 heteroatoms. The summed E-state index contributed by atoms with van der Waals surface area (Å²) < 4.78 is 34.7. The van der Waals surface area contributed by atoms with Gasteiger partial charge in [0.25, 0.3) is 0 Å². The fourth-order valence-corrected chi connectivity index (χ4v) is 0.174. The number of carbonyl (C=O) groups is 2. The van der Waals surface area contributed by atoms with Crippen molar-refractivity contribution in [2.45, 2.75) is 18.8 Å². The summed E-state index contributed by atoms with van der Waals surface area (Å²) in [6, 6.07) is -3.39. The Kier molecular flexibility index (Phi) is 1.28. The van der Waals surface area contributed by atoms with Crippen LogP contribution in [0.2, 0.25) is 0 Å². The highest BCUT2D eigenvalue weighted by Crippen LogP contribution is 1.93. The Bertz CT molecular complexity index is 274. The van der Waals surface area contributed by atoms with Gasteiger partial charge in [-0.1, -0.05) is 0 Å². The van der Waals surface area contributed by atoms with Gasteiger partial charge in [-0.3, -0.25) is 9.59 Å². The Morgan fingerprint density at radius 2 is 2.20 bits per heavy atom. The van der Waals surface area contributed by atoms with Gasteiger partial charge >= 0.3 is 11.9 Å². The molecular formula is C5H9NO4. The zero-order valence-electron chi connectivity index (χ0n) is 9.79. The summed E-state index contributed by atoms with van der Waals surface area (Å²) in [5.41, 5.74) is 4.75. The zero-order valence-corrected chi connectivity index (χ0v) is 4.79. The van der Waals surface area contributed by atoms with Crippen LogP contribution in [0.3, 0.4) is 0 Å². The maximum absolute atomic E-state index is 10.4. The van der Waals surface area contributed by atoms with Gasteiger partial charge in [-0.15, -0.1) is 0 Å². The molecule has 0 rings (SSSR count). The van der Waals surface area contributed by atoms with E-state index in [4.69, 9.17) is 22.8 Å². The third kappa shape index (κ3) is 3.85. The molecule has 0 aromatic heterocycles. The molecule has 0 bridgehead atoms. The molecule has 0 aromatic rings. The lowest BCUT2D eigenvalue weighted by atomic mass is 11.1. The minimum absolute atomic E-state index is 2.15. The molecule has 0 saturated heterocycles. The first-order valence-corrected chi connectivity index (χ1v) is 2.14. The second-order valence-electron chi connectivity index (χ2n) is 1.27. The molecule has 0 aliphatic rings. The average Bonchev–Trinajstić information content (AvgIpc) is 2.02. The zero-order chi connectivity index (χ0) is 12.7. The molecule has 4 N–H and O–H groups in total. The van der Waals surface area contributed by atoms with Gasteiger partial charge < -0.3 is 15.9 Å². The van der Waals surface area contributed by atoms with Crippen LogP contribution in [0.15, 0.2) is 0 Å². The minimum atomic E-state index is -3.59. The second-order valence-corrected chi connectivity index (χ2v) is 1.27. The number of carboxylic acid groups (broad SMARTS) is 2. The third-order valence-electron chi connectivity index (χ3n) is 0.535. The van der Waals surface area contributed by atoms with Gasteiger partial charge in [-0.05, 0) is 6.37 Å². The first kappa shape index (κ1) is 3.34. The van der Waals surface area contributed by atoms with E-state index in [2.05, 4.69) is 0 Å². The van der Waals surface area contributed by atoms with E-state index in [9.17, 15) is 9.59 Å². The lowest BCUT2D eigenvalue weighted by Crippen LogP contribution is -2.30. The average molecular weight is 158 g/mol. The Morgan fingerprint density at radius 1 is 1.70 bits per heavy atom. The highest BCUT2D eigenvalue weighted by Gasteiger charge is 2.12. The smallest absolute Gasteiger partial charge is 0.320 e. The lowest BCUT2D eigenvalue weighted by molar-refractivity contribution is -0.139. The van der Waals surface area contributed by atoms with E-state index in [0.717, 1.165) is 0 Å². The van der Waals surface area contributed by atoms with Crippen LogP contribution < -0.4 is 5.73 Å². The molecule has 0 aromatic carbocycles. The molecule has 0 amide bonds. The predicted molar refractivity (Wildman–Crippen MR) is 32.5 cm³/mol. The van der Waals surface area contributed by atoms with E-state index in [1.165, 1.54) is 0 Å². The van der Waals surface area contributed by atoms with Crippen molar-refractivity contribution in [3.63, 3.8) is 0 Å². The van der Waals surface area contributed by atoms with Gasteiger partial charge in [0.1, 0.15) is 6.02 Å². The first-order valence-electron chi connectivity index (χ1n) is 4.64. The number of carboxylic acids is 2. The number of hydrogen-bond acceptors (Lipinski definition) is 3. The van der Waals surface area contributed by atoms with E-state index in [0.29, 0.717) is 0 Å². The number of nitrogens with two attached hydrogens (primary N) is 1. The van der Waals surface area contributed by atoms with Gasteiger partial charge in [-0.25, -0.2) is 0 Å². The van der Waals surface area contributed by atoms with Crippen LogP contribution >= 0.6 is 0 Å². The molecule has 5 nitrogen and oxygen atoms in total. The van der Waals surface area contributed by atoms with Crippen molar-refractivity contribution in [1.29, 1.82) is 0 Å². The van der Waals surface area contributed by atoms with Crippen LogP contribution in [0.25, 0.3) is 0 Å². The van der Waals surface area contributed by atoms with Crippen molar-refractivity contribution in [2.24, 2.45) is 5.73 Å². The van der Waals surface area contributed by atoms with E-state index < -0.39 is 30.7 Å². The fraction of sp³-hybridized carbons (Fsp3) is 0.600. The first-order chi connectivity index (χ1) is 6.39. The molecule has 0 aliphatic heterocycles. The third-order valence-corrected chi connectivity index (χ3v) is 0.535. The molecule has 1 atom stereocenters. The predicted octanol–water partition coefficient (Wildman–Crippen LogP) is -0.737. The van der Waals surface area contributed by atoms with Crippen molar-refractivity contribution in [2.75, 3.05) is 0 Å². The molecule has 0 aliphatic carbocycles. The Labute approximate surface area is 64.5 Å². The van der Waals surface area contributed by atoms with Crippen LogP contribution in [0.4, 0.5) is 0 Å². The minimum Gasteiger partial charge on any atom is -0.481 e. The molecule has 0 spiro atoms. The van der Waals surface area contributed by atoms with Crippen molar-refractivity contribution in [3.8, 4) is 0 Å². The van der Waals surface area contributed by atoms with Crippen LogP contribution in [0, 0.1) is 0 Å². The van der Waals surface area contributed by atoms with Gasteiger partial charge in [0.2, 0.25) is 0 Å². The van der Waals surface area contributed by atoms with Gasteiger partial charge in [-0.2, -0.15) is 0 Å². The van der Waals surface area contributed by atoms with Crippen LogP contribution in [0.5, 0.6) is 0 Å². The van der Waals surface area contributed by atoms with Crippen molar-refractivity contribution < 1.29 is 26.7 Å². The second kappa shape index (κ2) is 3.84. The summed E-state index contributed by atoms with van der Waals surface area (Å²) in [4.78, 5) is 20.8. The van der Waals surface area contributed by atoms with Crippen molar-refractivity contribution in [1.82, 2.24) is 0 Å². The standard InChI is InChI=1S/C5H9NO4/c6-3(5(9)10)1-2-4(7)8/h3H,1-2,6H2,(H,7,8)(H,9,10)/t3-/m0/s1/i1+1D2,2+1D2,3+1D,4+1,5+1,6+1. The van der Waals surface area contributed by atoms with Crippen LogP contribution in [-0.4, -0.2) is 28.2 Å². The summed E-state index contributed by atoms with van der Waals surface area (Å²) >= 11 is 0. The van der Waals surface area contributed by atoms with E-state index in [1.807, 2.05) is 0 Å². The highest BCUT2D eigenvalue weighted by molar-refractivity contribution is 5.74. The summed E-state index contributed by atoms with van der Waals surface area (Å²) in [6.45, 7) is 0. The SMILES string of the molecule is [2H][13C]([2H])([13C](=O)O)[13C]([2H])([2H])[13C@]([2H])([15NH2])[13C](=O)O. The van der Waals surface area contributed by atoms with Gasteiger partial charge in [0.05, 0.1) is 1.37 Å². The quantitative estimate of drug-likeness (QED) is 0.369. The largest absolute Gasteiger partial charge is 0.481 e. The summed E-state index contributed by atoms with van der Waals surface area (Å²) in [6.07, 6.45) is -7.17. The molecule has 0 unspecified atom stereocenters. The van der Waals surface area contributed by atoms with Gasteiger partial charge in [0.15, 0.2) is 0 Å². The van der Waals surface area contributed by atoms with E-state index in [1.54, 1.807) is 0 Å². The monoisotopic (exact) mass is 158 g/mol. The van der Waals surface area contributed by atoms with Crippen LogP contribution in [-0.2, 0) is 9.59 Å². The summed E-state index contributed by atoms with van der Waals surface area (Å²) in [5, 5.41) is 16.8. The lowest BCUT2D eigenvalue weighted by Gasteiger charge is -2.01. The maximum atomic E-state index is 10.4. The molecule has 0 radical (unpaired) electrons. The van der Waals surface area contributed by atoms with E-state index in [-0.39, 0.29) is 0 Å². The fourth-order valence-electron chi connectivity index (χ4n) is 0.174. The van der Waals surface area contributed by atoms with Crippen molar-refractivity contribution in [3.05, 3.63) is 0 Å². The molecule has 0 heterocycles. The molecule has 0 saturated carbocycles. The topological polar surface area (TPSA) is 101 Å². The van der Waals surface area contributed by atoms with Crippen LogP contribution in [0.1, 0.15) is 19.6 Å². The van der Waals surface area contributed by atoms with Gasteiger partial charge in [0, 0.05) is 11.9 Å². The van der Waals surface area contributed by atoms with E-state index >= 15 is 0 Å². The normalized spacial score (nSPS) is 25.9. The molecule has 0 fully saturated rings. The van der Waals surface area contributed by atoms with Crippen molar-refractivity contribution >= 4 is 11.9 Å². The Morgan fingerprint density at radius 3 is 2.50 bits per heavy atom. The molecule has 58 valence electrons. The summed E-state index contributed by atoms with van der Waals surface area (Å²) in [7, 11) is 0. The molecule has 10 heavy (non-hydrogen) atoms. The summed E-state index contributed by atoms with van der Waals surface area (Å²) in [5.74, 6) is -4.38. The number of hydrogen-bond donors (Lipinski definition) is 3. The number of rotatable bonds is 4. The maximum Gasteiger partial charge on any atom is 0.320 e.